The molecule has 21 heavy (non-hydrogen) atoms. The molecule has 0 bridgehead atoms. The summed E-state index contributed by atoms with van der Waals surface area (Å²) in [6.45, 7) is -0.474. The van der Waals surface area contributed by atoms with Crippen LogP contribution < -0.4 is 5.32 Å². The smallest absolute Gasteiger partial charge is 0.277 e. The summed E-state index contributed by atoms with van der Waals surface area (Å²) in [5, 5.41) is 22.3. The van der Waals surface area contributed by atoms with Crippen molar-refractivity contribution < 1.29 is 19.6 Å². The van der Waals surface area contributed by atoms with E-state index in [1.165, 1.54) is 12.1 Å². The highest BCUT2D eigenvalue weighted by atomic mass is 35.5. The summed E-state index contributed by atoms with van der Waals surface area (Å²) in [5.41, 5.74) is -0.119. The molecule has 110 valence electrons. The number of hydrogen-bond donors (Lipinski definition) is 2. The van der Waals surface area contributed by atoms with Gasteiger partial charge >= 0.3 is 0 Å². The van der Waals surface area contributed by atoms with E-state index in [1.54, 1.807) is 0 Å². The first kappa shape index (κ1) is 14.9. The maximum absolute atomic E-state index is 11.9. The predicted molar refractivity (Wildman–Crippen MR) is 73.6 cm³/mol. The largest absolute Gasteiger partial charge is 0.395 e. The van der Waals surface area contributed by atoms with Crippen LogP contribution in [0, 0.1) is 10.1 Å². The first-order chi connectivity index (χ1) is 9.93. The van der Waals surface area contributed by atoms with Crippen molar-refractivity contribution in [3.63, 3.8) is 0 Å². The second-order valence-corrected chi connectivity index (χ2v) is 4.53. The van der Waals surface area contributed by atoms with Crippen LogP contribution in [0.2, 0.25) is 5.02 Å². The Morgan fingerprint density at radius 2 is 2.10 bits per heavy atom. The average Bonchev–Trinajstić information content (AvgIpc) is 2.69. The molecule has 8 nitrogen and oxygen atoms in total. The molecule has 2 N–H and O–H groups in total. The van der Waals surface area contributed by atoms with Crippen LogP contribution in [0.3, 0.4) is 0 Å². The number of nitrogens with zero attached hydrogens (tertiary/aromatic N) is 2. The van der Waals surface area contributed by atoms with Crippen molar-refractivity contribution >= 4 is 34.8 Å². The van der Waals surface area contributed by atoms with Crippen LogP contribution >= 0.6 is 11.6 Å². The molecule has 1 aromatic carbocycles. The van der Waals surface area contributed by atoms with Crippen molar-refractivity contribution in [2.75, 3.05) is 18.5 Å². The van der Waals surface area contributed by atoms with Gasteiger partial charge in [-0.05, 0) is 6.07 Å². The molecule has 1 aliphatic heterocycles. The fraction of sp³-hybridized carbons (Fsp3) is 0.167. The number of hydrogen-bond acceptors (Lipinski definition) is 6. The summed E-state index contributed by atoms with van der Waals surface area (Å²) in [6.07, 6.45) is 1.05. The molecular weight excluding hydrogens is 302 g/mol. The Hall–Kier alpha value is -2.45. The average molecular weight is 312 g/mol. The number of anilines is 1. The number of rotatable bonds is 5. The van der Waals surface area contributed by atoms with Gasteiger partial charge in [-0.1, -0.05) is 11.6 Å². The zero-order valence-electron chi connectivity index (χ0n) is 10.6. The molecule has 2 rings (SSSR count). The molecule has 1 aromatic rings. The van der Waals surface area contributed by atoms with Gasteiger partial charge in [-0.3, -0.25) is 24.6 Å². The summed E-state index contributed by atoms with van der Waals surface area (Å²) in [4.78, 5) is 34.5. The third-order valence-electron chi connectivity index (χ3n) is 2.76. The number of nitro benzene ring substituents is 1. The molecule has 0 fully saturated rings. The Kier molecular flexibility index (Phi) is 4.20. The van der Waals surface area contributed by atoms with E-state index in [1.807, 2.05) is 0 Å². The summed E-state index contributed by atoms with van der Waals surface area (Å²) >= 11 is 5.90. The number of aliphatic hydroxyl groups excluding tert-OH is 1. The monoisotopic (exact) mass is 311 g/mol. The highest BCUT2D eigenvalue weighted by Crippen LogP contribution is 2.28. The lowest BCUT2D eigenvalue weighted by Gasteiger charge is -2.13. The van der Waals surface area contributed by atoms with Gasteiger partial charge < -0.3 is 10.4 Å². The standard InChI is InChI=1S/C12H10ClN3O5/c13-8-2-1-7(16(20)21)5-9(8)14-10-6-11(18)15(3-4-17)12(10)19/h1-2,5-6,14,17H,3-4H2. The molecule has 9 heteroatoms. The minimum Gasteiger partial charge on any atom is -0.395 e. The highest BCUT2D eigenvalue weighted by molar-refractivity contribution is 6.33. The SMILES string of the molecule is O=C1C=C(Nc2cc([N+](=O)[O-])ccc2Cl)C(=O)N1CCO. The molecule has 0 atom stereocenters. The first-order valence-corrected chi connectivity index (χ1v) is 6.21. The minimum absolute atomic E-state index is 0.0594. The lowest BCUT2D eigenvalue weighted by Crippen LogP contribution is -2.34. The Labute approximate surface area is 123 Å². The van der Waals surface area contributed by atoms with E-state index < -0.39 is 16.7 Å². The van der Waals surface area contributed by atoms with Gasteiger partial charge in [0.05, 0.1) is 28.8 Å². The van der Waals surface area contributed by atoms with Crippen LogP contribution in [-0.2, 0) is 9.59 Å². The number of nitro groups is 1. The Balaban J connectivity index is 2.25. The summed E-state index contributed by atoms with van der Waals surface area (Å²) in [5.74, 6) is -1.20. The van der Waals surface area contributed by atoms with E-state index in [0.717, 1.165) is 17.0 Å². The number of imide groups is 1. The number of non-ortho nitro benzene ring substituents is 1. The number of aliphatic hydroxyl groups is 1. The molecular formula is C12H10ClN3O5. The lowest BCUT2D eigenvalue weighted by molar-refractivity contribution is -0.384. The van der Waals surface area contributed by atoms with Crippen LogP contribution in [-0.4, -0.2) is 39.9 Å². The van der Waals surface area contributed by atoms with Crippen LogP contribution in [0.25, 0.3) is 0 Å². The Bertz CT molecular complexity index is 658. The fourth-order valence-electron chi connectivity index (χ4n) is 1.78. The molecule has 2 amide bonds. The van der Waals surface area contributed by atoms with E-state index >= 15 is 0 Å². The molecule has 0 unspecified atom stereocenters. The van der Waals surface area contributed by atoms with Crippen LogP contribution in [0.15, 0.2) is 30.0 Å². The van der Waals surface area contributed by atoms with Gasteiger partial charge in [0, 0.05) is 18.2 Å². The van der Waals surface area contributed by atoms with E-state index in [2.05, 4.69) is 5.32 Å². The van der Waals surface area contributed by atoms with Gasteiger partial charge in [0.1, 0.15) is 5.70 Å². The third-order valence-corrected chi connectivity index (χ3v) is 3.09. The lowest BCUT2D eigenvalue weighted by atomic mass is 10.2. The molecule has 0 radical (unpaired) electrons. The van der Waals surface area contributed by atoms with Crippen LogP contribution in [0.5, 0.6) is 0 Å². The van der Waals surface area contributed by atoms with Gasteiger partial charge in [0.15, 0.2) is 0 Å². The van der Waals surface area contributed by atoms with Crippen molar-refractivity contribution in [2.45, 2.75) is 0 Å². The summed E-state index contributed by atoms with van der Waals surface area (Å²) < 4.78 is 0. The molecule has 0 saturated carbocycles. The molecule has 1 heterocycles. The van der Waals surface area contributed by atoms with Crippen LogP contribution in [0.1, 0.15) is 0 Å². The molecule has 0 aliphatic carbocycles. The van der Waals surface area contributed by atoms with Gasteiger partial charge in [0.25, 0.3) is 17.5 Å². The number of carbonyl (C=O) groups is 2. The quantitative estimate of drug-likeness (QED) is 0.474. The number of β-amino-alcohol motifs (C(OH)–C–C–N with tert-alkyl or cyclic N) is 1. The number of carbonyl (C=O) groups excluding carboxylic acids is 2. The molecule has 0 aromatic heterocycles. The fourth-order valence-corrected chi connectivity index (χ4v) is 1.94. The zero-order chi connectivity index (χ0) is 15.6. The minimum atomic E-state index is -0.628. The van der Waals surface area contributed by atoms with Gasteiger partial charge in [0.2, 0.25) is 0 Å². The van der Waals surface area contributed by atoms with Gasteiger partial charge in [-0.15, -0.1) is 0 Å². The number of halogens is 1. The second-order valence-electron chi connectivity index (χ2n) is 4.12. The van der Waals surface area contributed by atoms with Crippen molar-refractivity contribution in [2.24, 2.45) is 0 Å². The van der Waals surface area contributed by atoms with E-state index in [0.29, 0.717) is 0 Å². The number of benzene rings is 1. The van der Waals surface area contributed by atoms with Gasteiger partial charge in [-0.25, -0.2) is 0 Å². The summed E-state index contributed by atoms with van der Waals surface area (Å²) in [6, 6.07) is 3.70. The number of amides is 2. The van der Waals surface area contributed by atoms with E-state index in [-0.39, 0.29) is 35.2 Å². The Morgan fingerprint density at radius 1 is 1.38 bits per heavy atom. The van der Waals surface area contributed by atoms with E-state index in [4.69, 9.17) is 16.7 Å². The number of nitrogens with one attached hydrogen (secondary N) is 1. The summed E-state index contributed by atoms with van der Waals surface area (Å²) in [7, 11) is 0. The molecule has 1 aliphatic rings. The van der Waals surface area contributed by atoms with Crippen molar-refractivity contribution in [3.8, 4) is 0 Å². The predicted octanol–water partition coefficient (Wildman–Crippen LogP) is 0.905. The van der Waals surface area contributed by atoms with Crippen molar-refractivity contribution in [3.05, 3.63) is 45.1 Å². The Morgan fingerprint density at radius 3 is 2.71 bits per heavy atom. The topological polar surface area (TPSA) is 113 Å². The third kappa shape index (κ3) is 3.01. The molecule has 0 spiro atoms. The van der Waals surface area contributed by atoms with Crippen molar-refractivity contribution in [1.29, 1.82) is 0 Å². The maximum atomic E-state index is 11.9. The maximum Gasteiger partial charge on any atom is 0.277 e. The highest BCUT2D eigenvalue weighted by Gasteiger charge is 2.31. The van der Waals surface area contributed by atoms with Crippen molar-refractivity contribution in [1.82, 2.24) is 4.90 Å². The first-order valence-electron chi connectivity index (χ1n) is 5.83. The van der Waals surface area contributed by atoms with Gasteiger partial charge in [-0.2, -0.15) is 0 Å². The van der Waals surface area contributed by atoms with E-state index in [9.17, 15) is 19.7 Å². The molecule has 0 saturated heterocycles. The zero-order valence-corrected chi connectivity index (χ0v) is 11.3. The van der Waals surface area contributed by atoms with Crippen LogP contribution in [0.4, 0.5) is 11.4 Å². The second kappa shape index (κ2) is 5.90. The normalized spacial score (nSPS) is 14.4.